The number of aliphatic carboxylic acids is 1. The van der Waals surface area contributed by atoms with Gasteiger partial charge in [0, 0.05) is 6.54 Å². The summed E-state index contributed by atoms with van der Waals surface area (Å²) in [5, 5.41) is 8.78. The molecular formula is C8H14ClFN2O3. The molecule has 1 amide bonds. The first-order valence-corrected chi connectivity index (χ1v) is 4.47. The summed E-state index contributed by atoms with van der Waals surface area (Å²) in [4.78, 5) is 23.4. The van der Waals surface area contributed by atoms with E-state index in [-0.39, 0.29) is 12.4 Å². The van der Waals surface area contributed by atoms with E-state index in [4.69, 9.17) is 5.11 Å². The van der Waals surface area contributed by atoms with Gasteiger partial charge in [-0.1, -0.05) is 0 Å². The Bertz CT molecular complexity index is 252. The molecule has 0 aromatic carbocycles. The molecule has 0 unspecified atom stereocenters. The number of hydrogen-bond donors (Lipinski definition) is 2. The Morgan fingerprint density at radius 3 is 2.67 bits per heavy atom. The number of amides is 1. The molecule has 88 valence electrons. The van der Waals surface area contributed by atoms with Crippen LogP contribution in [0.2, 0.25) is 0 Å². The molecule has 1 heterocycles. The van der Waals surface area contributed by atoms with Gasteiger partial charge in [-0.25, -0.2) is 4.79 Å². The Labute approximate surface area is 93.0 Å². The van der Waals surface area contributed by atoms with Crippen LogP contribution in [0.1, 0.15) is 19.8 Å². The van der Waals surface area contributed by atoms with Crippen LogP contribution >= 0.6 is 12.4 Å². The largest absolute Gasteiger partial charge is 0.480 e. The number of carbonyl (C=O) groups excluding carboxylic acids is 1. The van der Waals surface area contributed by atoms with Crippen LogP contribution in [0, 0.1) is 0 Å². The van der Waals surface area contributed by atoms with Gasteiger partial charge in [-0.05, 0) is 19.8 Å². The third-order valence-corrected chi connectivity index (χ3v) is 2.36. The van der Waals surface area contributed by atoms with Gasteiger partial charge in [0.1, 0.15) is 12.1 Å². The molecule has 1 rings (SSSR count). The van der Waals surface area contributed by atoms with Crippen molar-refractivity contribution in [2.24, 2.45) is 0 Å². The molecule has 0 spiro atoms. The summed E-state index contributed by atoms with van der Waals surface area (Å²) in [5.41, 5.74) is 1.32. The highest BCUT2D eigenvalue weighted by molar-refractivity contribution is 5.87. The molecule has 5 nitrogen and oxygen atoms in total. The van der Waals surface area contributed by atoms with Crippen molar-refractivity contribution in [2.75, 3.05) is 6.54 Å². The van der Waals surface area contributed by atoms with E-state index in [1.165, 1.54) is 17.4 Å². The lowest BCUT2D eigenvalue weighted by Gasteiger charge is -2.23. The van der Waals surface area contributed by atoms with Crippen molar-refractivity contribution in [3.05, 3.63) is 0 Å². The van der Waals surface area contributed by atoms with E-state index < -0.39 is 24.0 Å². The molecule has 0 saturated carbocycles. The number of carboxylic acid groups (broad SMARTS) is 1. The summed E-state index contributed by atoms with van der Waals surface area (Å²) in [6.45, 7) is 1.75. The number of hydrogen-bond acceptors (Lipinski definition) is 3. The molecule has 1 fully saturated rings. The number of carboxylic acids is 1. The van der Waals surface area contributed by atoms with Crippen LogP contribution in [0.15, 0.2) is 0 Å². The minimum Gasteiger partial charge on any atom is -0.480 e. The lowest BCUT2D eigenvalue weighted by molar-refractivity contribution is -0.149. The smallest absolute Gasteiger partial charge is 0.326 e. The fraction of sp³-hybridized carbons (Fsp3) is 0.750. The molecule has 2 atom stereocenters. The lowest BCUT2D eigenvalue weighted by atomic mass is 10.2. The average Bonchev–Trinajstić information content (AvgIpc) is 2.63. The molecule has 2 N–H and O–H groups in total. The normalized spacial score (nSPS) is 22.0. The number of nitrogens with one attached hydrogen (secondary N) is 1. The summed E-state index contributed by atoms with van der Waals surface area (Å²) in [6, 6.07) is -1.77. The number of nitrogens with zero attached hydrogens (tertiary/aromatic N) is 1. The van der Waals surface area contributed by atoms with Gasteiger partial charge < -0.3 is 10.0 Å². The molecule has 1 aliphatic heterocycles. The first-order valence-electron chi connectivity index (χ1n) is 4.47. The lowest BCUT2D eigenvalue weighted by Crippen LogP contribution is -2.47. The monoisotopic (exact) mass is 240 g/mol. The maximum absolute atomic E-state index is 12.0. The van der Waals surface area contributed by atoms with Crippen LogP contribution in [-0.2, 0) is 9.59 Å². The molecule has 1 aliphatic rings. The van der Waals surface area contributed by atoms with Gasteiger partial charge in [0.15, 0.2) is 0 Å². The zero-order valence-corrected chi connectivity index (χ0v) is 9.09. The van der Waals surface area contributed by atoms with E-state index in [2.05, 4.69) is 0 Å². The van der Waals surface area contributed by atoms with Crippen molar-refractivity contribution < 1.29 is 19.2 Å². The van der Waals surface area contributed by atoms with Crippen molar-refractivity contribution in [1.29, 1.82) is 0 Å². The van der Waals surface area contributed by atoms with Gasteiger partial charge in [-0.3, -0.25) is 4.79 Å². The summed E-state index contributed by atoms with van der Waals surface area (Å²) in [6.07, 6.45) is 1.10. The number of rotatable bonds is 3. The quantitative estimate of drug-likeness (QED) is 0.699. The van der Waals surface area contributed by atoms with Crippen LogP contribution in [0.4, 0.5) is 4.48 Å². The highest BCUT2D eigenvalue weighted by Gasteiger charge is 2.35. The second kappa shape index (κ2) is 5.87. The molecule has 0 bridgehead atoms. The standard InChI is InChI=1S/C8H13FN2O3.ClH/c1-5(10-9)7(12)11-4-2-3-6(11)8(13)14;/h5-6,10H,2-4H2,1H3,(H,13,14);1H/t5-,6-;/m0./s1. The Balaban J connectivity index is 0.00000196. The molecule has 0 aromatic rings. The van der Waals surface area contributed by atoms with Crippen LogP contribution in [0.25, 0.3) is 0 Å². The van der Waals surface area contributed by atoms with Crippen LogP contribution < -0.4 is 5.54 Å². The fourth-order valence-electron chi connectivity index (χ4n) is 1.58. The highest BCUT2D eigenvalue weighted by atomic mass is 35.5. The third kappa shape index (κ3) is 3.04. The van der Waals surface area contributed by atoms with Gasteiger partial charge >= 0.3 is 5.97 Å². The van der Waals surface area contributed by atoms with Gasteiger partial charge in [0.05, 0.1) is 0 Å². The van der Waals surface area contributed by atoms with Crippen LogP contribution in [0.5, 0.6) is 0 Å². The van der Waals surface area contributed by atoms with E-state index in [1.54, 1.807) is 0 Å². The second-order valence-electron chi connectivity index (χ2n) is 3.36. The topological polar surface area (TPSA) is 69.6 Å². The summed E-state index contributed by atoms with van der Waals surface area (Å²) in [7, 11) is 0. The average molecular weight is 241 g/mol. The van der Waals surface area contributed by atoms with E-state index in [9.17, 15) is 14.1 Å². The predicted molar refractivity (Wildman–Crippen MR) is 53.3 cm³/mol. The first kappa shape index (κ1) is 14.1. The zero-order valence-electron chi connectivity index (χ0n) is 8.27. The van der Waals surface area contributed by atoms with E-state index in [1.807, 2.05) is 0 Å². The van der Waals surface area contributed by atoms with Crippen molar-refractivity contribution in [3.63, 3.8) is 0 Å². The predicted octanol–water partition coefficient (Wildman–Crippen LogP) is 0.346. The third-order valence-electron chi connectivity index (χ3n) is 2.36. The van der Waals surface area contributed by atoms with Crippen LogP contribution in [0.3, 0.4) is 0 Å². The summed E-state index contributed by atoms with van der Waals surface area (Å²) in [5.74, 6) is -1.53. The van der Waals surface area contributed by atoms with Crippen LogP contribution in [-0.4, -0.2) is 40.5 Å². The van der Waals surface area contributed by atoms with Crippen molar-refractivity contribution in [2.45, 2.75) is 31.8 Å². The van der Waals surface area contributed by atoms with Gasteiger partial charge in [0.2, 0.25) is 5.91 Å². The first-order chi connectivity index (χ1) is 6.57. The van der Waals surface area contributed by atoms with E-state index in [0.717, 1.165) is 0 Å². The highest BCUT2D eigenvalue weighted by Crippen LogP contribution is 2.18. The number of likely N-dealkylation sites (tertiary alicyclic amines) is 1. The molecule has 0 aliphatic carbocycles. The second-order valence-corrected chi connectivity index (χ2v) is 3.36. The number of carbonyl (C=O) groups is 2. The maximum Gasteiger partial charge on any atom is 0.326 e. The Morgan fingerprint density at radius 1 is 1.60 bits per heavy atom. The summed E-state index contributed by atoms with van der Waals surface area (Å²) >= 11 is 0. The Hall–Kier alpha value is -0.880. The number of halogens is 2. The van der Waals surface area contributed by atoms with Gasteiger partial charge in [-0.2, -0.15) is 0 Å². The van der Waals surface area contributed by atoms with E-state index in [0.29, 0.717) is 19.4 Å². The van der Waals surface area contributed by atoms with Crippen molar-refractivity contribution in [1.82, 2.24) is 10.4 Å². The Kier molecular flexibility index (Phi) is 5.53. The van der Waals surface area contributed by atoms with Gasteiger partial charge in [-0.15, -0.1) is 22.4 Å². The zero-order chi connectivity index (χ0) is 10.7. The minimum atomic E-state index is -1.03. The summed E-state index contributed by atoms with van der Waals surface area (Å²) < 4.78 is 12.0. The minimum absolute atomic E-state index is 0. The molecule has 7 heteroatoms. The van der Waals surface area contributed by atoms with E-state index >= 15 is 0 Å². The maximum atomic E-state index is 12.0. The fourth-order valence-corrected chi connectivity index (χ4v) is 1.58. The molecular weight excluding hydrogens is 227 g/mol. The Morgan fingerprint density at radius 2 is 2.20 bits per heavy atom. The molecule has 0 aromatic heterocycles. The SMILES string of the molecule is C[C@H](NF)C(=O)N1CCC[C@H]1C(=O)O.Cl. The molecule has 0 radical (unpaired) electrons. The molecule has 15 heavy (non-hydrogen) atoms. The van der Waals surface area contributed by atoms with Gasteiger partial charge in [0.25, 0.3) is 0 Å². The van der Waals surface area contributed by atoms with Crippen molar-refractivity contribution in [3.8, 4) is 0 Å². The molecule has 1 saturated heterocycles. The van der Waals surface area contributed by atoms with Crippen molar-refractivity contribution >= 4 is 24.3 Å².